The van der Waals surface area contributed by atoms with E-state index < -0.39 is 4.92 Å². The number of non-ortho nitro benzene ring substituents is 1. The molecule has 1 fully saturated rings. The van der Waals surface area contributed by atoms with Crippen LogP contribution in [0.3, 0.4) is 0 Å². The molecule has 1 amide bonds. The molecule has 1 N–H and O–H groups in total. The van der Waals surface area contributed by atoms with E-state index in [1.807, 2.05) is 0 Å². The molecule has 0 atom stereocenters. The molecule has 1 aliphatic rings. The summed E-state index contributed by atoms with van der Waals surface area (Å²) in [6, 6.07) is 9.72. The normalized spacial score (nSPS) is 14.6. The standard InChI is InChI=1S/C20H25N5O5/c1-29-14-8-21-20(22-15-16-4-6-17(7-5-16)25(27)28)24-11-9-23(10-12-24)19(26)18-3-2-13-30-18/h2-7,13H,8-12,14-15H2,1H3,(H,21,22). The van der Waals surface area contributed by atoms with Crippen LogP contribution in [-0.4, -0.2) is 73.0 Å². The number of nitro groups is 1. The number of carbonyl (C=O) groups excluding carboxylic acids is 1. The number of carbonyl (C=O) groups is 1. The number of methoxy groups -OCH3 is 1. The van der Waals surface area contributed by atoms with Gasteiger partial charge in [0.2, 0.25) is 0 Å². The second kappa shape index (κ2) is 10.4. The van der Waals surface area contributed by atoms with Crippen molar-refractivity contribution in [2.75, 3.05) is 46.4 Å². The lowest BCUT2D eigenvalue weighted by Gasteiger charge is -2.36. The Morgan fingerprint density at radius 3 is 2.50 bits per heavy atom. The molecule has 0 unspecified atom stereocenters. The highest BCUT2D eigenvalue weighted by molar-refractivity contribution is 5.91. The van der Waals surface area contributed by atoms with Crippen molar-refractivity contribution in [2.24, 2.45) is 4.99 Å². The van der Waals surface area contributed by atoms with Crippen LogP contribution in [0, 0.1) is 10.1 Å². The Morgan fingerprint density at radius 2 is 1.90 bits per heavy atom. The Morgan fingerprint density at radius 1 is 1.20 bits per heavy atom. The van der Waals surface area contributed by atoms with Crippen molar-refractivity contribution in [3.05, 3.63) is 64.1 Å². The van der Waals surface area contributed by atoms with Gasteiger partial charge < -0.3 is 24.3 Å². The molecule has 0 saturated carbocycles. The zero-order valence-electron chi connectivity index (χ0n) is 16.8. The highest BCUT2D eigenvalue weighted by atomic mass is 16.6. The van der Waals surface area contributed by atoms with Gasteiger partial charge in [0.15, 0.2) is 11.7 Å². The molecular weight excluding hydrogens is 390 g/mol. The fourth-order valence-electron chi connectivity index (χ4n) is 3.10. The summed E-state index contributed by atoms with van der Waals surface area (Å²) in [6.07, 6.45) is 1.49. The SMILES string of the molecule is COCCNC(=NCc1ccc([N+](=O)[O-])cc1)N1CCN(C(=O)c2ccco2)CC1. The molecule has 1 aromatic carbocycles. The second-order valence-electron chi connectivity index (χ2n) is 6.74. The van der Waals surface area contributed by atoms with Crippen molar-refractivity contribution in [1.82, 2.24) is 15.1 Å². The fourth-order valence-corrected chi connectivity index (χ4v) is 3.10. The molecule has 3 rings (SSSR count). The number of ether oxygens (including phenoxy) is 1. The molecule has 160 valence electrons. The third kappa shape index (κ3) is 5.57. The van der Waals surface area contributed by atoms with Gasteiger partial charge >= 0.3 is 0 Å². The maximum atomic E-state index is 12.4. The smallest absolute Gasteiger partial charge is 0.289 e. The van der Waals surface area contributed by atoms with E-state index in [1.165, 1.54) is 18.4 Å². The second-order valence-corrected chi connectivity index (χ2v) is 6.74. The number of hydrogen-bond acceptors (Lipinski definition) is 6. The number of nitro benzene ring substituents is 1. The minimum Gasteiger partial charge on any atom is -0.459 e. The van der Waals surface area contributed by atoms with Gasteiger partial charge in [-0.15, -0.1) is 0 Å². The van der Waals surface area contributed by atoms with Gasteiger partial charge in [0.05, 0.1) is 24.3 Å². The Kier molecular flexibility index (Phi) is 7.39. The molecule has 0 radical (unpaired) electrons. The van der Waals surface area contributed by atoms with E-state index in [1.54, 1.807) is 36.3 Å². The lowest BCUT2D eigenvalue weighted by molar-refractivity contribution is -0.384. The maximum Gasteiger partial charge on any atom is 0.289 e. The van der Waals surface area contributed by atoms with Crippen molar-refractivity contribution in [2.45, 2.75) is 6.54 Å². The first kappa shape index (κ1) is 21.3. The summed E-state index contributed by atoms with van der Waals surface area (Å²) in [6.45, 7) is 3.90. The van der Waals surface area contributed by atoms with Crippen LogP contribution in [0.15, 0.2) is 52.1 Å². The average molecular weight is 415 g/mol. The fraction of sp³-hybridized carbons (Fsp3) is 0.400. The Bertz CT molecular complexity index is 858. The summed E-state index contributed by atoms with van der Waals surface area (Å²) in [5.41, 5.74) is 0.928. The van der Waals surface area contributed by atoms with Gasteiger partial charge in [-0.25, -0.2) is 4.99 Å². The zero-order chi connectivity index (χ0) is 21.3. The van der Waals surface area contributed by atoms with Gasteiger partial charge in [-0.1, -0.05) is 12.1 Å². The minimum atomic E-state index is -0.422. The number of benzene rings is 1. The summed E-state index contributed by atoms with van der Waals surface area (Å²) in [7, 11) is 1.63. The van der Waals surface area contributed by atoms with Gasteiger partial charge in [-0.3, -0.25) is 14.9 Å². The molecule has 1 aliphatic heterocycles. The summed E-state index contributed by atoms with van der Waals surface area (Å²) in [5.74, 6) is 0.945. The van der Waals surface area contributed by atoms with E-state index >= 15 is 0 Å². The predicted molar refractivity (Wildman–Crippen MR) is 110 cm³/mol. The summed E-state index contributed by atoms with van der Waals surface area (Å²) in [5, 5.41) is 14.1. The lowest BCUT2D eigenvalue weighted by atomic mass is 10.2. The van der Waals surface area contributed by atoms with Gasteiger partial charge in [0, 0.05) is 52.0 Å². The topological polar surface area (TPSA) is 113 Å². The molecule has 1 saturated heterocycles. The minimum absolute atomic E-state index is 0.0542. The molecule has 30 heavy (non-hydrogen) atoms. The average Bonchev–Trinajstić information content (AvgIpc) is 3.31. The van der Waals surface area contributed by atoms with Crippen LogP contribution in [0.4, 0.5) is 5.69 Å². The first-order valence-corrected chi connectivity index (χ1v) is 9.67. The molecule has 0 bridgehead atoms. The highest BCUT2D eigenvalue weighted by Gasteiger charge is 2.25. The third-order valence-electron chi connectivity index (χ3n) is 4.75. The maximum absolute atomic E-state index is 12.4. The molecule has 2 aromatic rings. The van der Waals surface area contributed by atoms with Crippen LogP contribution < -0.4 is 5.32 Å². The van der Waals surface area contributed by atoms with Gasteiger partial charge in [-0.2, -0.15) is 0 Å². The van der Waals surface area contributed by atoms with Crippen LogP contribution in [0.5, 0.6) is 0 Å². The van der Waals surface area contributed by atoms with E-state index in [0.29, 0.717) is 51.6 Å². The number of furan rings is 1. The highest BCUT2D eigenvalue weighted by Crippen LogP contribution is 2.13. The monoisotopic (exact) mass is 415 g/mol. The van der Waals surface area contributed by atoms with Crippen molar-refractivity contribution >= 4 is 17.6 Å². The lowest BCUT2D eigenvalue weighted by Crippen LogP contribution is -2.54. The summed E-state index contributed by atoms with van der Waals surface area (Å²) in [4.78, 5) is 31.3. The zero-order valence-corrected chi connectivity index (χ0v) is 16.8. The van der Waals surface area contributed by atoms with Crippen LogP contribution >= 0.6 is 0 Å². The largest absolute Gasteiger partial charge is 0.459 e. The van der Waals surface area contributed by atoms with E-state index in [9.17, 15) is 14.9 Å². The van der Waals surface area contributed by atoms with Crippen LogP contribution in [-0.2, 0) is 11.3 Å². The van der Waals surface area contributed by atoms with Crippen molar-refractivity contribution in [1.29, 1.82) is 0 Å². The van der Waals surface area contributed by atoms with Gasteiger partial charge in [-0.05, 0) is 17.7 Å². The van der Waals surface area contributed by atoms with E-state index in [-0.39, 0.29) is 11.6 Å². The quantitative estimate of drug-likeness (QED) is 0.241. The number of nitrogens with one attached hydrogen (secondary N) is 1. The number of nitrogens with zero attached hydrogens (tertiary/aromatic N) is 4. The summed E-state index contributed by atoms with van der Waals surface area (Å²) >= 11 is 0. The number of piperazine rings is 1. The molecule has 0 spiro atoms. The molecule has 0 aliphatic carbocycles. The number of amides is 1. The van der Waals surface area contributed by atoms with Crippen LogP contribution in [0.25, 0.3) is 0 Å². The first-order valence-electron chi connectivity index (χ1n) is 9.67. The van der Waals surface area contributed by atoms with E-state index in [4.69, 9.17) is 9.15 Å². The molecule has 1 aromatic heterocycles. The number of rotatable bonds is 7. The molecular formula is C20H25N5O5. The number of aliphatic imine (C=N–C) groups is 1. The third-order valence-corrected chi connectivity index (χ3v) is 4.75. The predicted octanol–water partition coefficient (Wildman–Crippen LogP) is 1.74. The Balaban J connectivity index is 1.62. The number of hydrogen-bond donors (Lipinski definition) is 1. The molecule has 10 heteroatoms. The summed E-state index contributed by atoms with van der Waals surface area (Å²) < 4.78 is 10.3. The van der Waals surface area contributed by atoms with Crippen molar-refractivity contribution in [3.63, 3.8) is 0 Å². The first-order chi connectivity index (χ1) is 14.6. The molecule has 2 heterocycles. The van der Waals surface area contributed by atoms with Crippen molar-refractivity contribution in [3.8, 4) is 0 Å². The van der Waals surface area contributed by atoms with Crippen LogP contribution in [0.1, 0.15) is 16.1 Å². The Labute approximate surface area is 174 Å². The van der Waals surface area contributed by atoms with Crippen molar-refractivity contribution < 1.29 is 18.9 Å². The van der Waals surface area contributed by atoms with E-state index in [0.717, 1.165) is 11.5 Å². The molecule has 10 nitrogen and oxygen atoms in total. The van der Waals surface area contributed by atoms with Crippen LogP contribution in [0.2, 0.25) is 0 Å². The van der Waals surface area contributed by atoms with Gasteiger partial charge in [0.25, 0.3) is 11.6 Å². The van der Waals surface area contributed by atoms with E-state index in [2.05, 4.69) is 15.2 Å². The van der Waals surface area contributed by atoms with Gasteiger partial charge in [0.1, 0.15) is 0 Å². The number of guanidine groups is 1. The Hall–Kier alpha value is -3.40.